The number of carbonyl (C=O) groups excluding carboxylic acids is 1. The van der Waals surface area contributed by atoms with Crippen molar-refractivity contribution in [1.82, 2.24) is 19.8 Å². The van der Waals surface area contributed by atoms with Gasteiger partial charge in [0, 0.05) is 69.3 Å². The first-order chi connectivity index (χ1) is 16.6. The maximum atomic E-state index is 12.9. The zero-order valence-corrected chi connectivity index (χ0v) is 19.9. The summed E-state index contributed by atoms with van der Waals surface area (Å²) in [6.07, 6.45) is 1.86. The summed E-state index contributed by atoms with van der Waals surface area (Å²) in [6.45, 7) is 7.37. The van der Waals surface area contributed by atoms with Crippen molar-refractivity contribution in [3.63, 3.8) is 0 Å². The Hall–Kier alpha value is -3.64. The standard InChI is InChI=1S/C28H31N5O/c1-21-24(20-26(31(21)2)22-8-4-3-5-9-22)28(34)30-14-15-32-16-18-33(19-17-32)25-12-6-10-23-11-7-13-29-27(23)25/h3-13,20H,14-19H2,1-2H3,(H,30,34). The van der Waals surface area contributed by atoms with Crippen LogP contribution in [0, 0.1) is 6.92 Å². The van der Waals surface area contributed by atoms with Crippen LogP contribution >= 0.6 is 0 Å². The first-order valence-electron chi connectivity index (χ1n) is 11.9. The molecule has 1 N–H and O–H groups in total. The molecule has 174 valence electrons. The first kappa shape index (κ1) is 22.2. The molecule has 0 unspecified atom stereocenters. The van der Waals surface area contributed by atoms with E-state index in [1.54, 1.807) is 0 Å². The van der Waals surface area contributed by atoms with Gasteiger partial charge in [0.1, 0.15) is 0 Å². The van der Waals surface area contributed by atoms with Crippen LogP contribution in [0.4, 0.5) is 5.69 Å². The van der Waals surface area contributed by atoms with Gasteiger partial charge in [0.15, 0.2) is 0 Å². The predicted octanol–water partition coefficient (Wildman–Crippen LogP) is 4.10. The Balaban J connectivity index is 1.15. The number of carbonyl (C=O) groups is 1. The van der Waals surface area contributed by atoms with Crippen molar-refractivity contribution in [3.8, 4) is 11.3 Å². The van der Waals surface area contributed by atoms with Crippen LogP contribution in [0.5, 0.6) is 0 Å². The van der Waals surface area contributed by atoms with Gasteiger partial charge in [-0.3, -0.25) is 14.7 Å². The van der Waals surface area contributed by atoms with Crippen LogP contribution in [-0.2, 0) is 7.05 Å². The van der Waals surface area contributed by atoms with Gasteiger partial charge in [-0.2, -0.15) is 0 Å². The molecule has 1 aliphatic rings. The highest BCUT2D eigenvalue weighted by atomic mass is 16.1. The van der Waals surface area contributed by atoms with Gasteiger partial charge in [0.05, 0.1) is 16.8 Å². The fraction of sp³-hybridized carbons (Fsp3) is 0.286. The number of fused-ring (bicyclic) bond motifs is 1. The molecule has 4 aromatic rings. The summed E-state index contributed by atoms with van der Waals surface area (Å²) in [6, 6.07) is 22.7. The summed E-state index contributed by atoms with van der Waals surface area (Å²) < 4.78 is 2.09. The monoisotopic (exact) mass is 453 g/mol. The number of rotatable bonds is 6. The van der Waals surface area contributed by atoms with Crippen molar-refractivity contribution in [2.45, 2.75) is 6.92 Å². The summed E-state index contributed by atoms with van der Waals surface area (Å²) in [4.78, 5) is 22.3. The zero-order valence-electron chi connectivity index (χ0n) is 19.9. The third-order valence-electron chi connectivity index (χ3n) is 6.89. The van der Waals surface area contributed by atoms with E-state index in [0.717, 1.165) is 60.8 Å². The molecule has 1 fully saturated rings. The highest BCUT2D eigenvalue weighted by Gasteiger charge is 2.20. The van der Waals surface area contributed by atoms with Crippen molar-refractivity contribution in [2.24, 2.45) is 7.05 Å². The van der Waals surface area contributed by atoms with Crippen LogP contribution in [0.3, 0.4) is 0 Å². The fourth-order valence-electron chi connectivity index (χ4n) is 4.79. The Bertz CT molecular complexity index is 1280. The number of hydrogen-bond donors (Lipinski definition) is 1. The Morgan fingerprint density at radius 2 is 1.74 bits per heavy atom. The van der Waals surface area contributed by atoms with E-state index in [-0.39, 0.29) is 5.91 Å². The van der Waals surface area contributed by atoms with Crippen molar-refractivity contribution in [1.29, 1.82) is 0 Å². The van der Waals surface area contributed by atoms with E-state index in [9.17, 15) is 4.79 Å². The zero-order chi connectivity index (χ0) is 23.5. The number of aromatic nitrogens is 2. The number of piperazine rings is 1. The molecule has 3 heterocycles. The minimum atomic E-state index is -0.00394. The Labute approximate surface area is 200 Å². The lowest BCUT2D eigenvalue weighted by Gasteiger charge is -2.36. The molecule has 34 heavy (non-hydrogen) atoms. The van der Waals surface area contributed by atoms with E-state index in [0.29, 0.717) is 6.54 Å². The molecule has 0 bridgehead atoms. The van der Waals surface area contributed by atoms with Gasteiger partial charge in [0.2, 0.25) is 0 Å². The van der Waals surface area contributed by atoms with Crippen LogP contribution in [0.25, 0.3) is 22.2 Å². The van der Waals surface area contributed by atoms with E-state index < -0.39 is 0 Å². The summed E-state index contributed by atoms with van der Waals surface area (Å²) in [7, 11) is 2.01. The Kier molecular flexibility index (Phi) is 6.32. The summed E-state index contributed by atoms with van der Waals surface area (Å²) in [5.41, 5.74) is 6.18. The lowest BCUT2D eigenvalue weighted by Crippen LogP contribution is -2.48. The van der Waals surface area contributed by atoms with Crippen molar-refractivity contribution >= 4 is 22.5 Å². The topological polar surface area (TPSA) is 53.4 Å². The molecule has 6 nitrogen and oxygen atoms in total. The Morgan fingerprint density at radius 1 is 0.971 bits per heavy atom. The summed E-state index contributed by atoms with van der Waals surface area (Å²) in [5, 5.41) is 4.31. The number of nitrogens with one attached hydrogen (secondary N) is 1. The fourth-order valence-corrected chi connectivity index (χ4v) is 4.79. The maximum absolute atomic E-state index is 12.9. The van der Waals surface area contributed by atoms with Gasteiger partial charge in [-0.1, -0.05) is 48.5 Å². The quantitative estimate of drug-likeness (QED) is 0.478. The third kappa shape index (κ3) is 4.41. The molecule has 1 saturated heterocycles. The summed E-state index contributed by atoms with van der Waals surface area (Å²) >= 11 is 0. The first-order valence-corrected chi connectivity index (χ1v) is 11.9. The van der Waals surface area contributed by atoms with E-state index in [4.69, 9.17) is 0 Å². The molecular weight excluding hydrogens is 422 g/mol. The lowest BCUT2D eigenvalue weighted by atomic mass is 10.1. The highest BCUT2D eigenvalue weighted by molar-refractivity contribution is 5.97. The highest BCUT2D eigenvalue weighted by Crippen LogP contribution is 2.26. The van der Waals surface area contributed by atoms with Crippen LogP contribution in [0.2, 0.25) is 0 Å². The van der Waals surface area contributed by atoms with Gasteiger partial charge in [-0.25, -0.2) is 0 Å². The molecule has 0 aliphatic carbocycles. The molecule has 0 saturated carbocycles. The van der Waals surface area contributed by atoms with Gasteiger partial charge in [0.25, 0.3) is 5.91 Å². The maximum Gasteiger partial charge on any atom is 0.253 e. The molecule has 5 rings (SSSR count). The van der Waals surface area contributed by atoms with Crippen LogP contribution in [0.1, 0.15) is 16.1 Å². The molecule has 0 radical (unpaired) electrons. The molecular formula is C28H31N5O. The molecule has 2 aromatic carbocycles. The van der Waals surface area contributed by atoms with Gasteiger partial charge >= 0.3 is 0 Å². The number of amides is 1. The van der Waals surface area contributed by atoms with Crippen molar-refractivity contribution < 1.29 is 4.79 Å². The SMILES string of the molecule is Cc1c(C(=O)NCCN2CCN(c3cccc4cccnc34)CC2)cc(-c2ccccc2)n1C. The number of anilines is 1. The Morgan fingerprint density at radius 3 is 2.53 bits per heavy atom. The second kappa shape index (κ2) is 9.69. The average Bonchev–Trinajstić information content (AvgIpc) is 3.19. The minimum Gasteiger partial charge on any atom is -0.367 e. The van der Waals surface area contributed by atoms with E-state index in [1.165, 1.54) is 11.1 Å². The summed E-state index contributed by atoms with van der Waals surface area (Å²) in [5.74, 6) is -0.00394. The number of hydrogen-bond acceptors (Lipinski definition) is 4. The van der Waals surface area contributed by atoms with Gasteiger partial charge in [-0.15, -0.1) is 0 Å². The van der Waals surface area contributed by atoms with Crippen molar-refractivity contribution in [2.75, 3.05) is 44.2 Å². The number of nitrogens with zero attached hydrogens (tertiary/aromatic N) is 4. The largest absolute Gasteiger partial charge is 0.367 e. The third-order valence-corrected chi connectivity index (χ3v) is 6.89. The molecule has 0 spiro atoms. The molecule has 6 heteroatoms. The van der Waals surface area contributed by atoms with Crippen molar-refractivity contribution in [3.05, 3.63) is 84.2 Å². The minimum absolute atomic E-state index is 0.00394. The molecule has 1 amide bonds. The van der Waals surface area contributed by atoms with Gasteiger partial charge < -0.3 is 14.8 Å². The average molecular weight is 454 g/mol. The number of para-hydroxylation sites is 1. The van der Waals surface area contributed by atoms with E-state index >= 15 is 0 Å². The van der Waals surface area contributed by atoms with Crippen LogP contribution < -0.4 is 10.2 Å². The molecule has 1 aliphatic heterocycles. The van der Waals surface area contributed by atoms with Crippen LogP contribution in [-0.4, -0.2) is 59.6 Å². The van der Waals surface area contributed by atoms with Crippen LogP contribution in [0.15, 0.2) is 72.9 Å². The lowest BCUT2D eigenvalue weighted by molar-refractivity contribution is 0.0947. The molecule has 2 aromatic heterocycles. The van der Waals surface area contributed by atoms with E-state index in [1.807, 2.05) is 50.5 Å². The normalized spacial score (nSPS) is 14.5. The smallest absolute Gasteiger partial charge is 0.253 e. The second-order valence-electron chi connectivity index (χ2n) is 8.89. The second-order valence-corrected chi connectivity index (χ2v) is 8.89. The van der Waals surface area contributed by atoms with E-state index in [2.05, 4.69) is 61.1 Å². The molecule has 0 atom stereocenters. The predicted molar refractivity (Wildman–Crippen MR) is 138 cm³/mol. The number of benzene rings is 2. The number of pyridine rings is 1. The van der Waals surface area contributed by atoms with Gasteiger partial charge in [-0.05, 0) is 30.7 Å².